The molecule has 0 spiro atoms. The molecule has 126 valence electrons. The van der Waals surface area contributed by atoms with Gasteiger partial charge in [0.1, 0.15) is 5.75 Å². The Hall–Kier alpha value is -2.34. The number of hydrogen-bond donors (Lipinski definition) is 2. The molecule has 0 saturated carbocycles. The van der Waals surface area contributed by atoms with Crippen LogP contribution in [0.2, 0.25) is 5.02 Å². The fraction of sp³-hybridized carbons (Fsp3) is 0.353. The van der Waals surface area contributed by atoms with Crippen LogP contribution in [0.3, 0.4) is 0 Å². The summed E-state index contributed by atoms with van der Waals surface area (Å²) in [6.07, 6.45) is 1.46. The SMILES string of the molecule is C[C@H](Oc1cccc(Cl)c1)C(=O)N[C@@H]1CCc2n[nH]c(=O)cc2C1. The third-order valence-corrected chi connectivity index (χ3v) is 4.23. The van der Waals surface area contributed by atoms with E-state index in [1.54, 1.807) is 37.3 Å². The molecule has 24 heavy (non-hydrogen) atoms. The lowest BCUT2D eigenvalue weighted by Crippen LogP contribution is -2.45. The molecule has 1 aliphatic rings. The first kappa shape index (κ1) is 16.5. The minimum atomic E-state index is -0.637. The normalized spacial score (nSPS) is 17.7. The van der Waals surface area contributed by atoms with Crippen LogP contribution in [0.15, 0.2) is 35.1 Å². The lowest BCUT2D eigenvalue weighted by atomic mass is 9.92. The van der Waals surface area contributed by atoms with Crippen molar-refractivity contribution in [1.82, 2.24) is 15.5 Å². The van der Waals surface area contributed by atoms with E-state index in [2.05, 4.69) is 15.5 Å². The van der Waals surface area contributed by atoms with Gasteiger partial charge in [0.25, 0.3) is 11.5 Å². The summed E-state index contributed by atoms with van der Waals surface area (Å²) in [5.74, 6) is 0.357. The number of ether oxygens (including phenoxy) is 1. The van der Waals surface area contributed by atoms with Gasteiger partial charge in [-0.05, 0) is 49.9 Å². The molecule has 1 aromatic carbocycles. The Bertz CT molecular complexity index is 806. The van der Waals surface area contributed by atoms with Crippen LogP contribution >= 0.6 is 11.6 Å². The predicted molar refractivity (Wildman–Crippen MR) is 90.4 cm³/mol. The van der Waals surface area contributed by atoms with Crippen molar-refractivity contribution in [2.45, 2.75) is 38.3 Å². The van der Waals surface area contributed by atoms with Gasteiger partial charge in [-0.3, -0.25) is 9.59 Å². The first-order chi connectivity index (χ1) is 11.5. The molecule has 1 amide bonds. The summed E-state index contributed by atoms with van der Waals surface area (Å²) in [6, 6.07) is 8.45. The summed E-state index contributed by atoms with van der Waals surface area (Å²) < 4.78 is 5.62. The number of H-pyrrole nitrogens is 1. The number of carbonyl (C=O) groups is 1. The van der Waals surface area contributed by atoms with E-state index in [1.807, 2.05) is 0 Å². The summed E-state index contributed by atoms with van der Waals surface area (Å²) in [7, 11) is 0. The van der Waals surface area contributed by atoms with Crippen LogP contribution in [0.5, 0.6) is 5.75 Å². The Balaban J connectivity index is 1.59. The van der Waals surface area contributed by atoms with Gasteiger partial charge in [-0.15, -0.1) is 0 Å². The second-order valence-electron chi connectivity index (χ2n) is 5.87. The van der Waals surface area contributed by atoms with Crippen molar-refractivity contribution in [1.29, 1.82) is 0 Å². The number of aromatic amines is 1. The standard InChI is InChI=1S/C17H18ClN3O3/c1-10(24-14-4-2-3-12(18)9-14)17(23)19-13-5-6-15-11(7-13)8-16(22)21-20-15/h2-4,8-10,13H,5-7H2,1H3,(H,19,23)(H,21,22)/t10-,13+/m0/s1. The van der Waals surface area contributed by atoms with Gasteiger partial charge in [0, 0.05) is 17.1 Å². The van der Waals surface area contributed by atoms with Crippen LogP contribution < -0.4 is 15.6 Å². The maximum absolute atomic E-state index is 12.3. The number of fused-ring (bicyclic) bond motifs is 1. The molecule has 2 aromatic rings. The fourth-order valence-corrected chi connectivity index (χ4v) is 2.96. The van der Waals surface area contributed by atoms with Gasteiger partial charge >= 0.3 is 0 Å². The molecular weight excluding hydrogens is 330 g/mol. The summed E-state index contributed by atoms with van der Waals surface area (Å²) in [4.78, 5) is 23.7. The lowest BCUT2D eigenvalue weighted by Gasteiger charge is -2.25. The Labute approximate surface area is 144 Å². The molecule has 0 radical (unpaired) electrons. The number of aromatic nitrogens is 2. The molecule has 0 saturated heterocycles. The Kier molecular flexibility index (Phi) is 4.85. The van der Waals surface area contributed by atoms with Crippen LogP contribution in [0.1, 0.15) is 24.6 Å². The summed E-state index contributed by atoms with van der Waals surface area (Å²) >= 11 is 5.91. The highest BCUT2D eigenvalue weighted by atomic mass is 35.5. The number of aryl methyl sites for hydroxylation is 1. The van der Waals surface area contributed by atoms with Crippen molar-refractivity contribution >= 4 is 17.5 Å². The van der Waals surface area contributed by atoms with Gasteiger partial charge in [-0.1, -0.05) is 17.7 Å². The number of hydrogen-bond acceptors (Lipinski definition) is 4. The van der Waals surface area contributed by atoms with E-state index < -0.39 is 6.10 Å². The second-order valence-corrected chi connectivity index (χ2v) is 6.31. The van der Waals surface area contributed by atoms with E-state index in [1.165, 1.54) is 0 Å². The van der Waals surface area contributed by atoms with E-state index in [0.717, 1.165) is 24.1 Å². The van der Waals surface area contributed by atoms with Crippen LogP contribution in [-0.2, 0) is 17.6 Å². The molecule has 1 aliphatic carbocycles. The molecule has 0 fully saturated rings. The fourth-order valence-electron chi connectivity index (χ4n) is 2.78. The van der Waals surface area contributed by atoms with Gasteiger partial charge in [-0.25, -0.2) is 5.10 Å². The first-order valence-electron chi connectivity index (χ1n) is 7.81. The average Bonchev–Trinajstić information content (AvgIpc) is 2.54. The van der Waals surface area contributed by atoms with Gasteiger partial charge in [0.2, 0.25) is 0 Å². The summed E-state index contributed by atoms with van der Waals surface area (Å²) in [5, 5.41) is 10.0. The quantitative estimate of drug-likeness (QED) is 0.884. The zero-order valence-electron chi connectivity index (χ0n) is 13.2. The van der Waals surface area contributed by atoms with Crippen molar-refractivity contribution in [3.8, 4) is 5.75 Å². The van der Waals surface area contributed by atoms with E-state index in [0.29, 0.717) is 17.2 Å². The molecule has 0 bridgehead atoms. The predicted octanol–water partition coefficient (Wildman–Crippen LogP) is 1.86. The van der Waals surface area contributed by atoms with E-state index in [-0.39, 0.29) is 17.5 Å². The van der Waals surface area contributed by atoms with Crippen molar-refractivity contribution < 1.29 is 9.53 Å². The molecule has 0 aliphatic heterocycles. The number of carbonyl (C=O) groups excluding carboxylic acids is 1. The van der Waals surface area contributed by atoms with Crippen LogP contribution in [0.25, 0.3) is 0 Å². The zero-order valence-corrected chi connectivity index (χ0v) is 14.0. The molecule has 0 unspecified atom stereocenters. The highest BCUT2D eigenvalue weighted by Gasteiger charge is 2.24. The van der Waals surface area contributed by atoms with Gasteiger partial charge in [-0.2, -0.15) is 5.10 Å². The molecule has 2 atom stereocenters. The minimum absolute atomic E-state index is 0.0287. The molecule has 1 heterocycles. The minimum Gasteiger partial charge on any atom is -0.481 e. The topological polar surface area (TPSA) is 84.1 Å². The number of benzene rings is 1. The highest BCUT2D eigenvalue weighted by Crippen LogP contribution is 2.20. The number of halogens is 1. The zero-order chi connectivity index (χ0) is 17.1. The van der Waals surface area contributed by atoms with E-state index >= 15 is 0 Å². The first-order valence-corrected chi connectivity index (χ1v) is 8.19. The largest absolute Gasteiger partial charge is 0.481 e. The summed E-state index contributed by atoms with van der Waals surface area (Å²) in [5.41, 5.74) is 1.56. The maximum Gasteiger partial charge on any atom is 0.264 e. The van der Waals surface area contributed by atoms with Crippen molar-refractivity contribution in [2.75, 3.05) is 0 Å². The highest BCUT2D eigenvalue weighted by molar-refractivity contribution is 6.30. The molecule has 2 N–H and O–H groups in total. The Morgan fingerprint density at radius 3 is 3.08 bits per heavy atom. The number of nitrogens with one attached hydrogen (secondary N) is 2. The third-order valence-electron chi connectivity index (χ3n) is 4.00. The number of rotatable bonds is 4. The molecule has 1 aromatic heterocycles. The van der Waals surface area contributed by atoms with Crippen LogP contribution in [0, 0.1) is 0 Å². The molecular formula is C17H18ClN3O3. The van der Waals surface area contributed by atoms with Crippen LogP contribution in [-0.4, -0.2) is 28.3 Å². The number of nitrogens with zero attached hydrogens (tertiary/aromatic N) is 1. The Morgan fingerprint density at radius 2 is 2.29 bits per heavy atom. The van der Waals surface area contributed by atoms with Crippen LogP contribution in [0.4, 0.5) is 0 Å². The lowest BCUT2D eigenvalue weighted by molar-refractivity contribution is -0.128. The van der Waals surface area contributed by atoms with E-state index in [9.17, 15) is 9.59 Å². The second kappa shape index (κ2) is 7.05. The smallest absolute Gasteiger partial charge is 0.264 e. The molecule has 7 heteroatoms. The van der Waals surface area contributed by atoms with Crippen molar-refractivity contribution in [2.24, 2.45) is 0 Å². The monoisotopic (exact) mass is 347 g/mol. The number of amides is 1. The third kappa shape index (κ3) is 3.94. The summed E-state index contributed by atoms with van der Waals surface area (Å²) in [6.45, 7) is 1.69. The van der Waals surface area contributed by atoms with Crippen molar-refractivity contribution in [3.05, 3.63) is 57.0 Å². The Morgan fingerprint density at radius 1 is 1.46 bits per heavy atom. The van der Waals surface area contributed by atoms with E-state index in [4.69, 9.17) is 16.3 Å². The molecule has 3 rings (SSSR count). The molecule has 6 nitrogen and oxygen atoms in total. The van der Waals surface area contributed by atoms with Gasteiger partial charge in [0.05, 0.1) is 5.69 Å². The average molecular weight is 348 g/mol. The van der Waals surface area contributed by atoms with Crippen molar-refractivity contribution in [3.63, 3.8) is 0 Å². The van der Waals surface area contributed by atoms with Gasteiger partial charge < -0.3 is 10.1 Å². The maximum atomic E-state index is 12.3. The van der Waals surface area contributed by atoms with Gasteiger partial charge in [0.15, 0.2) is 6.10 Å².